The number of aromatic nitrogens is 1. The van der Waals surface area contributed by atoms with Crippen LogP contribution in [0.3, 0.4) is 0 Å². The summed E-state index contributed by atoms with van der Waals surface area (Å²) in [4.78, 5) is 12.4. The van der Waals surface area contributed by atoms with Gasteiger partial charge in [-0.1, -0.05) is 11.6 Å². The molecule has 1 heterocycles. The number of aryl methyl sites for hydroxylation is 2. The molecule has 1 N–H and O–H groups in total. The highest BCUT2D eigenvalue weighted by Crippen LogP contribution is 2.38. The van der Waals surface area contributed by atoms with Crippen molar-refractivity contribution in [3.8, 4) is 17.4 Å². The van der Waals surface area contributed by atoms with Crippen molar-refractivity contribution >= 4 is 22.5 Å². The molecule has 0 atom stereocenters. The Labute approximate surface area is 150 Å². The van der Waals surface area contributed by atoms with E-state index < -0.39 is 5.91 Å². The number of carbonyl (C=O) groups is 1. The molecule has 0 saturated carbocycles. The lowest BCUT2D eigenvalue weighted by atomic mass is 10.1. The lowest BCUT2D eigenvalue weighted by molar-refractivity contribution is 0.0994. The second-order valence-corrected chi connectivity index (χ2v) is 5.83. The number of fused-ring (bicyclic) bond motifs is 1. The molecule has 1 amide bonds. The van der Waals surface area contributed by atoms with Crippen molar-refractivity contribution in [3.63, 3.8) is 0 Å². The predicted molar refractivity (Wildman–Crippen MR) is 97.7 cm³/mol. The summed E-state index contributed by atoms with van der Waals surface area (Å²) in [6.07, 6.45) is 0. The molecule has 0 saturated heterocycles. The monoisotopic (exact) mass is 353 g/mol. The quantitative estimate of drug-likeness (QED) is 0.715. The summed E-state index contributed by atoms with van der Waals surface area (Å²) in [5.41, 5.74) is 2.40. The molecule has 134 valence electrons. The molecule has 26 heavy (non-hydrogen) atoms. The van der Waals surface area contributed by atoms with Crippen molar-refractivity contribution < 1.29 is 19.4 Å². The first-order chi connectivity index (χ1) is 12.5. The summed E-state index contributed by atoms with van der Waals surface area (Å²) >= 11 is 0. The van der Waals surface area contributed by atoms with Gasteiger partial charge in [0, 0.05) is 18.0 Å². The molecule has 0 aliphatic heterocycles. The minimum absolute atomic E-state index is 0.0468. The average molecular weight is 353 g/mol. The second-order valence-electron chi connectivity index (χ2n) is 5.83. The van der Waals surface area contributed by atoms with Crippen molar-refractivity contribution in [2.24, 2.45) is 17.3 Å². The van der Waals surface area contributed by atoms with Gasteiger partial charge in [0.25, 0.3) is 5.91 Å². The summed E-state index contributed by atoms with van der Waals surface area (Å²) < 4.78 is 11.9. The SMILES string of the molecule is COc1ccc(C(=O)N=Nc2c(O)n(C)c3ccc(C)cc23)cc1OC. The van der Waals surface area contributed by atoms with Crippen molar-refractivity contribution in [1.29, 1.82) is 0 Å². The number of ether oxygens (including phenoxy) is 2. The molecule has 2 aromatic carbocycles. The maximum Gasteiger partial charge on any atom is 0.295 e. The van der Waals surface area contributed by atoms with Gasteiger partial charge in [0.2, 0.25) is 5.88 Å². The van der Waals surface area contributed by atoms with E-state index in [0.29, 0.717) is 17.1 Å². The fraction of sp³-hybridized carbons (Fsp3) is 0.211. The average Bonchev–Trinajstić information content (AvgIpc) is 2.89. The van der Waals surface area contributed by atoms with E-state index in [1.165, 1.54) is 20.3 Å². The Morgan fingerprint density at radius 1 is 1.08 bits per heavy atom. The van der Waals surface area contributed by atoms with Crippen LogP contribution in [0.15, 0.2) is 46.6 Å². The third kappa shape index (κ3) is 2.99. The number of nitrogens with zero attached hydrogens (tertiary/aromatic N) is 3. The molecule has 0 spiro atoms. The van der Waals surface area contributed by atoms with Crippen molar-refractivity contribution in [2.75, 3.05) is 14.2 Å². The van der Waals surface area contributed by atoms with E-state index in [9.17, 15) is 9.90 Å². The highest BCUT2D eigenvalue weighted by molar-refractivity contribution is 5.97. The van der Waals surface area contributed by atoms with Gasteiger partial charge < -0.3 is 19.1 Å². The number of hydrogen-bond acceptors (Lipinski definition) is 5. The van der Waals surface area contributed by atoms with Gasteiger partial charge in [-0.05, 0) is 37.3 Å². The molecule has 0 fully saturated rings. The molecule has 0 bridgehead atoms. The molecule has 7 heteroatoms. The third-order valence-electron chi connectivity index (χ3n) is 4.17. The molecule has 0 radical (unpaired) electrons. The van der Waals surface area contributed by atoms with Crippen LogP contribution in [0.25, 0.3) is 10.9 Å². The molecule has 0 aliphatic rings. The smallest absolute Gasteiger partial charge is 0.295 e. The van der Waals surface area contributed by atoms with E-state index in [1.54, 1.807) is 23.7 Å². The first kappa shape index (κ1) is 17.5. The Hall–Kier alpha value is -3.35. The Morgan fingerprint density at radius 2 is 1.81 bits per heavy atom. The van der Waals surface area contributed by atoms with Crippen LogP contribution in [-0.2, 0) is 7.05 Å². The van der Waals surface area contributed by atoms with Crippen LogP contribution >= 0.6 is 0 Å². The first-order valence-corrected chi connectivity index (χ1v) is 7.92. The van der Waals surface area contributed by atoms with E-state index in [4.69, 9.17) is 9.47 Å². The maximum absolute atomic E-state index is 12.4. The fourth-order valence-electron chi connectivity index (χ4n) is 2.75. The molecule has 3 rings (SSSR count). The number of amides is 1. The normalized spacial score (nSPS) is 11.2. The van der Waals surface area contributed by atoms with Crippen molar-refractivity contribution in [1.82, 2.24) is 4.57 Å². The topological polar surface area (TPSA) is 85.4 Å². The van der Waals surface area contributed by atoms with Gasteiger partial charge in [0.15, 0.2) is 17.2 Å². The molecule has 0 aliphatic carbocycles. The lowest BCUT2D eigenvalue weighted by Crippen LogP contribution is -1.97. The summed E-state index contributed by atoms with van der Waals surface area (Å²) in [6.45, 7) is 1.94. The standard InChI is InChI=1S/C19H19N3O4/c1-11-5-7-14-13(9-11)17(19(24)22(14)2)20-21-18(23)12-6-8-15(25-3)16(10-12)26-4/h5-10,24H,1-4H3. The third-order valence-corrected chi connectivity index (χ3v) is 4.17. The Morgan fingerprint density at radius 3 is 2.50 bits per heavy atom. The predicted octanol–water partition coefficient (Wildman–Crippen LogP) is 4.13. The van der Waals surface area contributed by atoms with Crippen LogP contribution in [-0.4, -0.2) is 29.8 Å². The van der Waals surface area contributed by atoms with E-state index in [2.05, 4.69) is 10.2 Å². The van der Waals surface area contributed by atoms with Gasteiger partial charge in [-0.3, -0.25) is 4.79 Å². The van der Waals surface area contributed by atoms with Crippen LogP contribution < -0.4 is 9.47 Å². The number of aromatic hydroxyl groups is 1. The van der Waals surface area contributed by atoms with Gasteiger partial charge in [-0.25, -0.2) is 0 Å². The number of carbonyl (C=O) groups excluding carboxylic acids is 1. The summed E-state index contributed by atoms with van der Waals surface area (Å²) in [5.74, 6) is 0.352. The van der Waals surface area contributed by atoms with Crippen molar-refractivity contribution in [3.05, 3.63) is 47.5 Å². The van der Waals surface area contributed by atoms with Crippen LogP contribution in [0.5, 0.6) is 17.4 Å². The van der Waals surface area contributed by atoms with Crippen LogP contribution in [0.2, 0.25) is 0 Å². The molecule has 7 nitrogen and oxygen atoms in total. The molecule has 1 aromatic heterocycles. The number of benzene rings is 2. The zero-order valence-electron chi connectivity index (χ0n) is 15.0. The first-order valence-electron chi connectivity index (χ1n) is 7.92. The van der Waals surface area contributed by atoms with E-state index in [0.717, 1.165) is 16.5 Å². The second kappa shape index (κ2) is 6.87. The molecular formula is C19H19N3O4. The molecule has 3 aromatic rings. The van der Waals surface area contributed by atoms with Gasteiger partial charge in [-0.15, -0.1) is 10.2 Å². The summed E-state index contributed by atoms with van der Waals surface area (Å²) in [5, 5.41) is 18.8. The van der Waals surface area contributed by atoms with Gasteiger partial charge >= 0.3 is 0 Å². The van der Waals surface area contributed by atoms with Crippen LogP contribution in [0.1, 0.15) is 15.9 Å². The van der Waals surface area contributed by atoms with E-state index >= 15 is 0 Å². The minimum Gasteiger partial charge on any atom is -0.493 e. The number of hydrogen-bond donors (Lipinski definition) is 1. The van der Waals surface area contributed by atoms with Gasteiger partial charge in [0.1, 0.15) is 0 Å². The zero-order chi connectivity index (χ0) is 18.8. The Kier molecular flexibility index (Phi) is 4.62. The van der Waals surface area contributed by atoms with E-state index in [-0.39, 0.29) is 11.6 Å². The maximum atomic E-state index is 12.4. The van der Waals surface area contributed by atoms with Gasteiger partial charge in [0.05, 0.1) is 19.7 Å². The van der Waals surface area contributed by atoms with Crippen LogP contribution in [0.4, 0.5) is 5.69 Å². The van der Waals surface area contributed by atoms with Crippen molar-refractivity contribution in [2.45, 2.75) is 6.92 Å². The molecule has 0 unspecified atom stereocenters. The Bertz CT molecular complexity index is 1020. The molecular weight excluding hydrogens is 334 g/mol. The van der Waals surface area contributed by atoms with E-state index in [1.807, 2.05) is 25.1 Å². The highest BCUT2D eigenvalue weighted by Gasteiger charge is 2.16. The lowest BCUT2D eigenvalue weighted by Gasteiger charge is -2.07. The number of rotatable bonds is 4. The summed E-state index contributed by atoms with van der Waals surface area (Å²) in [6, 6.07) is 10.5. The zero-order valence-corrected chi connectivity index (χ0v) is 15.0. The highest BCUT2D eigenvalue weighted by atomic mass is 16.5. The number of azo groups is 1. The minimum atomic E-state index is -0.546. The van der Waals surface area contributed by atoms with Gasteiger partial charge in [-0.2, -0.15) is 0 Å². The van der Waals surface area contributed by atoms with Crippen LogP contribution in [0, 0.1) is 6.92 Å². The number of methoxy groups -OCH3 is 2. The Balaban J connectivity index is 1.98. The summed E-state index contributed by atoms with van der Waals surface area (Å²) in [7, 11) is 4.73. The fourth-order valence-corrected chi connectivity index (χ4v) is 2.75. The largest absolute Gasteiger partial charge is 0.493 e.